The highest BCUT2D eigenvalue weighted by atomic mass is 79.9. The number of nitrogens with zero attached hydrogens (tertiary/aromatic N) is 3. The second-order valence-corrected chi connectivity index (χ2v) is 7.26. The van der Waals surface area contributed by atoms with Crippen LogP contribution in [0, 0.1) is 0 Å². The number of hydrogen-bond donors (Lipinski definition) is 0. The molecule has 0 radical (unpaired) electrons. The van der Waals surface area contributed by atoms with Crippen LogP contribution in [0.25, 0.3) is 10.7 Å². The largest absolute Gasteiger partial charge is 0.481 e. The van der Waals surface area contributed by atoms with Gasteiger partial charge in [-0.15, -0.1) is 11.3 Å². The number of ether oxygens (including phenoxy) is 1. The molecule has 0 spiro atoms. The Morgan fingerprint density at radius 3 is 2.80 bits per heavy atom. The summed E-state index contributed by atoms with van der Waals surface area (Å²) in [6.45, 7) is 1.94. The van der Waals surface area contributed by atoms with E-state index >= 15 is 0 Å². The molecular formula is C17H16BrN3O3S. The fourth-order valence-electron chi connectivity index (χ4n) is 2.18. The van der Waals surface area contributed by atoms with Gasteiger partial charge in [0, 0.05) is 11.5 Å². The molecule has 1 amide bonds. The van der Waals surface area contributed by atoms with Crippen molar-refractivity contribution in [2.45, 2.75) is 19.6 Å². The van der Waals surface area contributed by atoms with Gasteiger partial charge in [-0.2, -0.15) is 4.98 Å². The molecule has 25 heavy (non-hydrogen) atoms. The van der Waals surface area contributed by atoms with Gasteiger partial charge in [-0.3, -0.25) is 4.79 Å². The zero-order valence-corrected chi connectivity index (χ0v) is 16.1. The van der Waals surface area contributed by atoms with Gasteiger partial charge in [0.05, 0.1) is 11.4 Å². The van der Waals surface area contributed by atoms with Crippen LogP contribution in [-0.2, 0) is 11.3 Å². The van der Waals surface area contributed by atoms with E-state index < -0.39 is 6.10 Å². The Hall–Kier alpha value is -2.19. The third kappa shape index (κ3) is 4.46. The fraction of sp³-hybridized carbons (Fsp3) is 0.235. The number of carbonyl (C=O) groups excluding carboxylic acids is 1. The number of carbonyl (C=O) groups is 1. The zero-order valence-electron chi connectivity index (χ0n) is 13.7. The summed E-state index contributed by atoms with van der Waals surface area (Å²) in [5.41, 5.74) is 0. The van der Waals surface area contributed by atoms with Gasteiger partial charge in [0.15, 0.2) is 6.10 Å². The number of thiophene rings is 1. The Morgan fingerprint density at radius 1 is 1.36 bits per heavy atom. The van der Waals surface area contributed by atoms with Crippen LogP contribution in [0.5, 0.6) is 5.75 Å². The Morgan fingerprint density at radius 2 is 2.12 bits per heavy atom. The summed E-state index contributed by atoms with van der Waals surface area (Å²) in [5, 5.41) is 5.89. The standard InChI is InChI=1S/C17H16BrN3O3S/c1-11(23-13-7-5-12(18)6-8-13)17(22)21(2)10-15-19-16(20-24-15)14-4-3-9-25-14/h3-9,11H,10H2,1-2H3/t11-/m1/s1. The molecule has 0 aliphatic heterocycles. The van der Waals surface area contributed by atoms with E-state index in [4.69, 9.17) is 9.26 Å². The topological polar surface area (TPSA) is 68.5 Å². The van der Waals surface area contributed by atoms with Crippen molar-refractivity contribution in [3.05, 3.63) is 52.1 Å². The van der Waals surface area contributed by atoms with Crippen molar-refractivity contribution >= 4 is 33.2 Å². The molecule has 130 valence electrons. The van der Waals surface area contributed by atoms with E-state index in [0.29, 0.717) is 17.5 Å². The first kappa shape index (κ1) is 17.6. The normalized spacial score (nSPS) is 12.0. The highest BCUT2D eigenvalue weighted by molar-refractivity contribution is 9.10. The summed E-state index contributed by atoms with van der Waals surface area (Å²) in [4.78, 5) is 19.2. The van der Waals surface area contributed by atoms with Gasteiger partial charge in [0.2, 0.25) is 11.7 Å². The van der Waals surface area contributed by atoms with Crippen molar-refractivity contribution < 1.29 is 14.1 Å². The van der Waals surface area contributed by atoms with E-state index in [2.05, 4.69) is 26.1 Å². The number of benzene rings is 1. The third-order valence-corrected chi connectivity index (χ3v) is 4.83. The monoisotopic (exact) mass is 421 g/mol. The van der Waals surface area contributed by atoms with Crippen LogP contribution >= 0.6 is 27.3 Å². The van der Waals surface area contributed by atoms with Crippen LogP contribution < -0.4 is 4.74 Å². The summed E-state index contributed by atoms with van der Waals surface area (Å²) >= 11 is 4.90. The first-order valence-corrected chi connectivity index (χ1v) is 9.24. The average molecular weight is 422 g/mol. The lowest BCUT2D eigenvalue weighted by Crippen LogP contribution is -2.37. The molecule has 0 bridgehead atoms. The minimum Gasteiger partial charge on any atom is -0.481 e. The van der Waals surface area contributed by atoms with Crippen molar-refractivity contribution in [1.82, 2.24) is 15.0 Å². The van der Waals surface area contributed by atoms with Crippen LogP contribution in [0.15, 0.2) is 50.8 Å². The minimum absolute atomic E-state index is 0.168. The highest BCUT2D eigenvalue weighted by Crippen LogP contribution is 2.22. The summed E-state index contributed by atoms with van der Waals surface area (Å²) < 4.78 is 11.9. The second-order valence-electron chi connectivity index (χ2n) is 5.40. The summed E-state index contributed by atoms with van der Waals surface area (Å²) in [6.07, 6.45) is -0.620. The lowest BCUT2D eigenvalue weighted by Gasteiger charge is -2.20. The SMILES string of the molecule is C[C@@H](Oc1ccc(Br)cc1)C(=O)N(C)Cc1nc(-c2cccs2)no1. The van der Waals surface area contributed by atoms with E-state index in [1.54, 1.807) is 26.1 Å². The fourth-order valence-corrected chi connectivity index (χ4v) is 3.10. The highest BCUT2D eigenvalue weighted by Gasteiger charge is 2.21. The van der Waals surface area contributed by atoms with Crippen molar-refractivity contribution in [2.75, 3.05) is 7.05 Å². The van der Waals surface area contributed by atoms with Crippen LogP contribution in [0.2, 0.25) is 0 Å². The van der Waals surface area contributed by atoms with Crippen molar-refractivity contribution in [2.24, 2.45) is 0 Å². The molecule has 1 aromatic carbocycles. The molecule has 6 nitrogen and oxygen atoms in total. The summed E-state index contributed by atoms with van der Waals surface area (Å²) in [5.74, 6) is 1.38. The van der Waals surface area contributed by atoms with Crippen LogP contribution in [0.1, 0.15) is 12.8 Å². The molecule has 0 aliphatic rings. The van der Waals surface area contributed by atoms with Crippen LogP contribution in [0.3, 0.4) is 0 Å². The van der Waals surface area contributed by atoms with Gasteiger partial charge in [0.1, 0.15) is 5.75 Å². The molecule has 0 saturated carbocycles. The maximum atomic E-state index is 12.5. The number of hydrogen-bond acceptors (Lipinski definition) is 6. The third-order valence-electron chi connectivity index (χ3n) is 3.43. The summed E-state index contributed by atoms with van der Waals surface area (Å²) in [6, 6.07) is 11.2. The van der Waals surface area contributed by atoms with E-state index in [9.17, 15) is 4.79 Å². The molecular weight excluding hydrogens is 406 g/mol. The van der Waals surface area contributed by atoms with Crippen molar-refractivity contribution in [1.29, 1.82) is 0 Å². The van der Waals surface area contributed by atoms with Crippen molar-refractivity contribution in [3.63, 3.8) is 0 Å². The number of likely N-dealkylation sites (N-methyl/N-ethyl adjacent to an activating group) is 1. The zero-order chi connectivity index (χ0) is 17.8. The molecule has 0 aliphatic carbocycles. The molecule has 0 N–H and O–H groups in total. The molecule has 2 heterocycles. The smallest absolute Gasteiger partial charge is 0.263 e. The van der Waals surface area contributed by atoms with Crippen molar-refractivity contribution in [3.8, 4) is 16.5 Å². The van der Waals surface area contributed by atoms with Gasteiger partial charge in [-0.25, -0.2) is 0 Å². The second kappa shape index (κ2) is 7.79. The molecule has 0 fully saturated rings. The number of amides is 1. The van der Waals surface area contributed by atoms with Gasteiger partial charge < -0.3 is 14.2 Å². The number of halogens is 1. The molecule has 2 aromatic heterocycles. The van der Waals surface area contributed by atoms with Gasteiger partial charge in [-0.05, 0) is 42.6 Å². The predicted octanol–water partition coefficient (Wildman–Crippen LogP) is 3.99. The quantitative estimate of drug-likeness (QED) is 0.601. The Balaban J connectivity index is 1.59. The van der Waals surface area contributed by atoms with Crippen LogP contribution in [0.4, 0.5) is 0 Å². The first-order chi connectivity index (χ1) is 12.0. The Kier molecular flexibility index (Phi) is 5.50. The van der Waals surface area contributed by atoms with Gasteiger partial charge in [0.25, 0.3) is 5.91 Å². The van der Waals surface area contributed by atoms with E-state index in [1.165, 1.54) is 16.2 Å². The van der Waals surface area contributed by atoms with E-state index in [-0.39, 0.29) is 12.5 Å². The lowest BCUT2D eigenvalue weighted by molar-refractivity contribution is -0.137. The molecule has 1 atom stereocenters. The molecule has 8 heteroatoms. The summed E-state index contributed by atoms with van der Waals surface area (Å²) in [7, 11) is 1.68. The lowest BCUT2D eigenvalue weighted by atomic mass is 10.3. The number of rotatable bonds is 6. The maximum Gasteiger partial charge on any atom is 0.263 e. The molecule has 0 unspecified atom stereocenters. The molecule has 3 rings (SSSR count). The average Bonchev–Trinajstić information content (AvgIpc) is 3.27. The van der Waals surface area contributed by atoms with E-state index in [0.717, 1.165) is 9.35 Å². The molecule has 0 saturated heterocycles. The predicted molar refractivity (Wildman–Crippen MR) is 98.3 cm³/mol. The minimum atomic E-state index is -0.620. The van der Waals surface area contributed by atoms with Crippen LogP contribution in [-0.4, -0.2) is 34.1 Å². The van der Waals surface area contributed by atoms with Gasteiger partial charge in [-0.1, -0.05) is 27.2 Å². The maximum absolute atomic E-state index is 12.5. The molecule has 3 aromatic rings. The Labute approximate surface area is 157 Å². The Bertz CT molecular complexity index is 833. The first-order valence-electron chi connectivity index (χ1n) is 7.56. The number of aromatic nitrogens is 2. The van der Waals surface area contributed by atoms with Gasteiger partial charge >= 0.3 is 0 Å². The van der Waals surface area contributed by atoms with E-state index in [1.807, 2.05) is 29.6 Å².